The van der Waals surface area contributed by atoms with Gasteiger partial charge in [-0.1, -0.05) is 0 Å². The van der Waals surface area contributed by atoms with Crippen molar-refractivity contribution in [2.24, 2.45) is 0 Å². The Labute approximate surface area is 87.1 Å². The van der Waals surface area contributed by atoms with Crippen molar-refractivity contribution in [3.63, 3.8) is 0 Å². The molecule has 1 heterocycles. The van der Waals surface area contributed by atoms with E-state index >= 15 is 0 Å². The summed E-state index contributed by atoms with van der Waals surface area (Å²) in [5, 5.41) is 8.52. The van der Waals surface area contributed by atoms with Crippen LogP contribution in [0.25, 0.3) is 0 Å². The van der Waals surface area contributed by atoms with E-state index in [-0.39, 0.29) is 6.61 Å². The minimum atomic E-state index is -0.988. The largest absolute Gasteiger partial charge is 0.479 e. The van der Waals surface area contributed by atoms with E-state index in [9.17, 15) is 4.79 Å². The van der Waals surface area contributed by atoms with E-state index in [4.69, 9.17) is 9.84 Å². The van der Waals surface area contributed by atoms with Crippen LogP contribution in [0, 0.1) is 6.92 Å². The first kappa shape index (κ1) is 9.89. The summed E-state index contributed by atoms with van der Waals surface area (Å²) in [6.07, 6.45) is 2.85. The minimum absolute atomic E-state index is 0.344. The van der Waals surface area contributed by atoms with Gasteiger partial charge in [0.25, 0.3) is 0 Å². The lowest BCUT2D eigenvalue weighted by Crippen LogP contribution is -2.12. The zero-order chi connectivity index (χ0) is 10.8. The second kappa shape index (κ2) is 3.84. The molecule has 0 saturated heterocycles. The Hall–Kier alpha value is -1.65. The molecule has 0 aliphatic heterocycles. The van der Waals surface area contributed by atoms with Gasteiger partial charge in [0.2, 0.25) is 5.88 Å². The summed E-state index contributed by atoms with van der Waals surface area (Å²) in [6, 6.07) is 0. The normalized spacial score (nSPS) is 13.7. The van der Waals surface area contributed by atoms with Crippen LogP contribution in [-0.2, 0) is 17.6 Å². The van der Waals surface area contributed by atoms with Crippen LogP contribution in [0.3, 0.4) is 0 Å². The number of carboxylic acids is 1. The van der Waals surface area contributed by atoms with E-state index < -0.39 is 5.97 Å². The molecule has 5 heteroatoms. The number of ether oxygens (including phenoxy) is 1. The van der Waals surface area contributed by atoms with Crippen molar-refractivity contribution >= 4 is 5.97 Å². The van der Waals surface area contributed by atoms with Crippen LogP contribution < -0.4 is 4.74 Å². The summed E-state index contributed by atoms with van der Waals surface area (Å²) < 4.78 is 5.14. The Bertz CT molecular complexity index is 404. The quantitative estimate of drug-likeness (QED) is 0.793. The highest BCUT2D eigenvalue weighted by molar-refractivity contribution is 5.68. The van der Waals surface area contributed by atoms with Crippen molar-refractivity contribution in [2.45, 2.75) is 26.2 Å². The maximum Gasteiger partial charge on any atom is 0.341 e. The van der Waals surface area contributed by atoms with E-state index in [0.717, 1.165) is 30.5 Å². The van der Waals surface area contributed by atoms with E-state index in [1.807, 2.05) is 0 Å². The molecule has 80 valence electrons. The Morgan fingerprint density at radius 1 is 1.47 bits per heavy atom. The molecule has 0 saturated carbocycles. The number of nitrogens with zero attached hydrogens (tertiary/aromatic N) is 2. The summed E-state index contributed by atoms with van der Waals surface area (Å²) in [7, 11) is 0. The predicted molar refractivity (Wildman–Crippen MR) is 51.9 cm³/mol. The second-order valence-corrected chi connectivity index (χ2v) is 3.54. The van der Waals surface area contributed by atoms with Gasteiger partial charge >= 0.3 is 5.97 Å². The van der Waals surface area contributed by atoms with Gasteiger partial charge in [-0.25, -0.2) is 9.78 Å². The van der Waals surface area contributed by atoms with Gasteiger partial charge in [-0.15, -0.1) is 0 Å². The molecule has 1 N–H and O–H groups in total. The summed E-state index contributed by atoms with van der Waals surface area (Å²) in [5.74, 6) is 0.0893. The van der Waals surface area contributed by atoms with E-state index in [1.165, 1.54) is 0 Å². The molecule has 5 nitrogen and oxygen atoms in total. The fourth-order valence-electron chi connectivity index (χ4n) is 1.77. The van der Waals surface area contributed by atoms with Gasteiger partial charge < -0.3 is 9.84 Å². The molecule has 0 fully saturated rings. The van der Waals surface area contributed by atoms with Gasteiger partial charge in [-0.2, -0.15) is 4.98 Å². The number of hydrogen-bond donors (Lipinski definition) is 1. The third-order valence-electron chi connectivity index (χ3n) is 2.34. The van der Waals surface area contributed by atoms with Crippen molar-refractivity contribution in [3.8, 4) is 5.88 Å². The SMILES string of the molecule is Cc1nc2c(c(OCC(=O)O)n1)CCC2. The Balaban J connectivity index is 2.26. The van der Waals surface area contributed by atoms with Crippen LogP contribution >= 0.6 is 0 Å². The number of fused-ring (bicyclic) bond motifs is 1. The smallest absolute Gasteiger partial charge is 0.341 e. The minimum Gasteiger partial charge on any atom is -0.479 e. The third-order valence-corrected chi connectivity index (χ3v) is 2.34. The highest BCUT2D eigenvalue weighted by Gasteiger charge is 2.19. The molecule has 1 aromatic heterocycles. The monoisotopic (exact) mass is 208 g/mol. The fourth-order valence-corrected chi connectivity index (χ4v) is 1.77. The number of rotatable bonds is 3. The molecule has 0 radical (unpaired) electrons. The third kappa shape index (κ3) is 2.06. The molecule has 15 heavy (non-hydrogen) atoms. The van der Waals surface area contributed by atoms with Crippen molar-refractivity contribution in [2.75, 3.05) is 6.61 Å². The Morgan fingerprint density at radius 2 is 2.27 bits per heavy atom. The van der Waals surface area contributed by atoms with Crippen molar-refractivity contribution < 1.29 is 14.6 Å². The molecule has 0 amide bonds. The molecule has 2 rings (SSSR count). The van der Waals surface area contributed by atoms with Crippen LogP contribution in [0.2, 0.25) is 0 Å². The lowest BCUT2D eigenvalue weighted by Gasteiger charge is -2.08. The zero-order valence-electron chi connectivity index (χ0n) is 8.49. The van der Waals surface area contributed by atoms with Gasteiger partial charge in [0, 0.05) is 5.56 Å². The molecule has 1 aliphatic carbocycles. The number of carbonyl (C=O) groups is 1. The summed E-state index contributed by atoms with van der Waals surface area (Å²) >= 11 is 0. The van der Waals surface area contributed by atoms with Crippen molar-refractivity contribution in [3.05, 3.63) is 17.1 Å². The van der Waals surface area contributed by atoms with Gasteiger partial charge in [-0.05, 0) is 26.2 Å². The molecule has 0 bridgehead atoms. The average Bonchev–Trinajstić information content (AvgIpc) is 2.61. The summed E-state index contributed by atoms with van der Waals surface area (Å²) in [5.41, 5.74) is 1.98. The highest BCUT2D eigenvalue weighted by Crippen LogP contribution is 2.27. The van der Waals surface area contributed by atoms with E-state index in [2.05, 4.69) is 9.97 Å². The standard InChI is InChI=1S/C10H12N2O3/c1-6-11-8-4-2-3-7(8)10(12-6)15-5-9(13)14/h2-5H2,1H3,(H,13,14). The van der Waals surface area contributed by atoms with E-state index in [1.54, 1.807) is 6.92 Å². The Morgan fingerprint density at radius 3 is 3.00 bits per heavy atom. The Kier molecular flexibility index (Phi) is 2.53. The molecule has 0 aromatic carbocycles. The van der Waals surface area contributed by atoms with Crippen LogP contribution in [-0.4, -0.2) is 27.7 Å². The first-order valence-corrected chi connectivity index (χ1v) is 4.88. The predicted octanol–water partition coefficient (Wildman–Crippen LogP) is 0.737. The lowest BCUT2D eigenvalue weighted by atomic mass is 10.2. The van der Waals surface area contributed by atoms with Gasteiger partial charge in [0.05, 0.1) is 5.69 Å². The van der Waals surface area contributed by atoms with Gasteiger partial charge in [0.1, 0.15) is 5.82 Å². The summed E-state index contributed by atoms with van der Waals surface area (Å²) in [6.45, 7) is 1.44. The number of aryl methyl sites for hydroxylation is 2. The first-order valence-electron chi connectivity index (χ1n) is 4.88. The van der Waals surface area contributed by atoms with Crippen LogP contribution in [0.4, 0.5) is 0 Å². The molecule has 1 aliphatic rings. The topological polar surface area (TPSA) is 72.3 Å². The molecular weight excluding hydrogens is 196 g/mol. The zero-order valence-corrected chi connectivity index (χ0v) is 8.49. The maximum absolute atomic E-state index is 10.4. The van der Waals surface area contributed by atoms with Crippen LogP contribution in [0.5, 0.6) is 5.88 Å². The number of aromatic nitrogens is 2. The lowest BCUT2D eigenvalue weighted by molar-refractivity contribution is -0.139. The highest BCUT2D eigenvalue weighted by atomic mass is 16.5. The molecule has 1 aromatic rings. The van der Waals surface area contributed by atoms with Gasteiger partial charge in [-0.3, -0.25) is 0 Å². The van der Waals surface area contributed by atoms with Crippen molar-refractivity contribution in [1.29, 1.82) is 0 Å². The first-order chi connectivity index (χ1) is 7.16. The fraction of sp³-hybridized carbons (Fsp3) is 0.500. The molecule has 0 spiro atoms. The number of hydrogen-bond acceptors (Lipinski definition) is 4. The number of aliphatic carboxylic acids is 1. The second-order valence-electron chi connectivity index (χ2n) is 3.54. The van der Waals surface area contributed by atoms with Crippen LogP contribution in [0.1, 0.15) is 23.5 Å². The maximum atomic E-state index is 10.4. The number of carboxylic acid groups (broad SMARTS) is 1. The van der Waals surface area contributed by atoms with Crippen LogP contribution in [0.15, 0.2) is 0 Å². The molecule has 0 unspecified atom stereocenters. The van der Waals surface area contributed by atoms with E-state index in [0.29, 0.717) is 11.7 Å². The average molecular weight is 208 g/mol. The van der Waals surface area contributed by atoms with Crippen molar-refractivity contribution in [1.82, 2.24) is 9.97 Å². The summed E-state index contributed by atoms with van der Waals surface area (Å²) in [4.78, 5) is 18.8. The van der Waals surface area contributed by atoms with Gasteiger partial charge in [0.15, 0.2) is 6.61 Å². The molecule has 0 atom stereocenters. The molecular formula is C10H12N2O3.